The van der Waals surface area contributed by atoms with Crippen molar-refractivity contribution in [3.05, 3.63) is 45.9 Å². The Morgan fingerprint density at radius 2 is 2.07 bits per heavy atom. The lowest BCUT2D eigenvalue weighted by atomic mass is 10.1. The van der Waals surface area contributed by atoms with Gasteiger partial charge < -0.3 is 14.4 Å². The summed E-state index contributed by atoms with van der Waals surface area (Å²) in [6.45, 7) is 2.62. The summed E-state index contributed by atoms with van der Waals surface area (Å²) in [5, 5.41) is 3.23. The zero-order chi connectivity index (χ0) is 21.5. The average molecular weight is 438 g/mol. The number of para-hydroxylation sites is 1. The number of benzene rings is 1. The smallest absolute Gasteiger partial charge is 0.387 e. The first-order valence-corrected chi connectivity index (χ1v) is 10.6. The minimum atomic E-state index is -2.98. The topological polar surface area (TPSA) is 54.9 Å². The molecule has 0 spiro atoms. The summed E-state index contributed by atoms with van der Waals surface area (Å²) in [4.78, 5) is 21.2. The number of carbonyl (C=O) groups is 1. The van der Waals surface area contributed by atoms with Crippen molar-refractivity contribution in [2.75, 3.05) is 33.3 Å². The van der Waals surface area contributed by atoms with E-state index in [-0.39, 0.29) is 17.4 Å². The van der Waals surface area contributed by atoms with E-state index < -0.39 is 6.61 Å². The predicted molar refractivity (Wildman–Crippen MR) is 112 cm³/mol. The van der Waals surface area contributed by atoms with E-state index in [4.69, 9.17) is 4.74 Å². The Balaban J connectivity index is 1.57. The molecule has 3 rings (SSSR count). The van der Waals surface area contributed by atoms with Crippen LogP contribution >= 0.6 is 11.3 Å². The maximum absolute atomic E-state index is 12.7. The number of hydrogen-bond acceptors (Lipinski definition) is 6. The van der Waals surface area contributed by atoms with Crippen LogP contribution in [-0.2, 0) is 17.8 Å². The molecule has 9 heteroatoms. The highest BCUT2D eigenvalue weighted by atomic mass is 32.1. The Morgan fingerprint density at radius 3 is 2.70 bits per heavy atom. The van der Waals surface area contributed by atoms with Crippen molar-refractivity contribution >= 4 is 23.3 Å². The van der Waals surface area contributed by atoms with Gasteiger partial charge in [-0.15, -0.1) is 11.3 Å². The molecule has 1 aromatic heterocycles. The van der Waals surface area contributed by atoms with Crippen LogP contribution in [0, 0.1) is 0 Å². The zero-order valence-corrected chi connectivity index (χ0v) is 17.8. The Kier molecular flexibility index (Phi) is 7.75. The lowest BCUT2D eigenvalue weighted by molar-refractivity contribution is -0.127. The number of methoxy groups -OCH3 is 1. The third kappa shape index (κ3) is 5.76. The van der Waals surface area contributed by atoms with Gasteiger partial charge in [0.1, 0.15) is 0 Å². The van der Waals surface area contributed by atoms with E-state index in [0.29, 0.717) is 18.7 Å². The molecule has 162 valence electrons. The molecule has 1 saturated heterocycles. The van der Waals surface area contributed by atoms with Crippen LogP contribution in [0.5, 0.6) is 11.5 Å². The zero-order valence-electron chi connectivity index (χ0n) is 17.0. The molecule has 0 unspecified atom stereocenters. The fourth-order valence-electron chi connectivity index (χ4n) is 3.25. The fourth-order valence-corrected chi connectivity index (χ4v) is 3.98. The molecule has 30 heavy (non-hydrogen) atoms. The summed E-state index contributed by atoms with van der Waals surface area (Å²) in [7, 11) is 1.38. The van der Waals surface area contributed by atoms with Gasteiger partial charge in [-0.05, 0) is 18.6 Å². The summed E-state index contributed by atoms with van der Waals surface area (Å²) in [6, 6.07) is 4.78. The summed E-state index contributed by atoms with van der Waals surface area (Å²) >= 11 is 1.68. The van der Waals surface area contributed by atoms with E-state index in [1.807, 2.05) is 0 Å². The minimum Gasteiger partial charge on any atom is -0.493 e. The third-order valence-corrected chi connectivity index (χ3v) is 5.85. The molecule has 1 fully saturated rings. The molecular formula is C21H25F2N3O3S. The monoisotopic (exact) mass is 437 g/mol. The van der Waals surface area contributed by atoms with Crippen LogP contribution < -0.4 is 9.47 Å². The lowest BCUT2D eigenvalue weighted by Gasteiger charge is -2.33. The van der Waals surface area contributed by atoms with E-state index in [1.165, 1.54) is 25.3 Å². The number of piperazine rings is 1. The Labute approximate surface area is 178 Å². The standard InChI is InChI=1S/C21H25F2N3O3S/c1-3-18-24-16(14-30-18)13-25-9-11-26(12-10-25)19(27)8-7-15-5-4-6-17(28-2)20(15)29-21(22)23/h4-8,14,21H,3,9-13H2,1-2H3. The molecular weight excluding hydrogens is 412 g/mol. The van der Waals surface area contributed by atoms with Crippen molar-refractivity contribution in [2.45, 2.75) is 26.5 Å². The van der Waals surface area contributed by atoms with Crippen molar-refractivity contribution in [3.8, 4) is 11.5 Å². The van der Waals surface area contributed by atoms with Gasteiger partial charge in [-0.25, -0.2) is 4.98 Å². The van der Waals surface area contributed by atoms with Crippen molar-refractivity contribution in [1.29, 1.82) is 0 Å². The Morgan fingerprint density at radius 1 is 1.30 bits per heavy atom. The van der Waals surface area contributed by atoms with E-state index in [9.17, 15) is 13.6 Å². The van der Waals surface area contributed by atoms with E-state index >= 15 is 0 Å². The molecule has 2 aromatic rings. The van der Waals surface area contributed by atoms with E-state index in [0.717, 1.165) is 36.8 Å². The Bertz CT molecular complexity index is 880. The molecule has 0 atom stereocenters. The summed E-state index contributed by atoms with van der Waals surface area (Å²) in [5.74, 6) is -0.0623. The normalized spacial score (nSPS) is 15.2. The molecule has 6 nitrogen and oxygen atoms in total. The van der Waals surface area contributed by atoms with Crippen molar-refractivity contribution < 1.29 is 23.0 Å². The average Bonchev–Trinajstić information content (AvgIpc) is 3.20. The molecule has 0 bridgehead atoms. The summed E-state index contributed by atoms with van der Waals surface area (Å²) in [6.07, 6.45) is 3.81. The lowest BCUT2D eigenvalue weighted by Crippen LogP contribution is -2.47. The quantitative estimate of drug-likeness (QED) is 0.590. The maximum Gasteiger partial charge on any atom is 0.387 e. The number of aromatic nitrogens is 1. The van der Waals surface area contributed by atoms with Gasteiger partial charge in [-0.1, -0.05) is 19.1 Å². The highest BCUT2D eigenvalue weighted by Gasteiger charge is 2.21. The number of nitrogens with zero attached hydrogens (tertiary/aromatic N) is 3. The summed E-state index contributed by atoms with van der Waals surface area (Å²) < 4.78 is 35.1. The first-order valence-electron chi connectivity index (χ1n) is 9.74. The van der Waals surface area contributed by atoms with Crippen LogP contribution in [0.3, 0.4) is 0 Å². The summed E-state index contributed by atoms with van der Waals surface area (Å²) in [5.41, 5.74) is 1.43. The maximum atomic E-state index is 12.7. The number of rotatable bonds is 8. The largest absolute Gasteiger partial charge is 0.493 e. The molecule has 1 aromatic carbocycles. The van der Waals surface area contributed by atoms with E-state index in [1.54, 1.807) is 28.4 Å². The second kappa shape index (κ2) is 10.5. The van der Waals surface area contributed by atoms with Gasteiger partial charge in [0.15, 0.2) is 11.5 Å². The van der Waals surface area contributed by atoms with Gasteiger partial charge in [0.2, 0.25) is 5.91 Å². The van der Waals surface area contributed by atoms with Crippen molar-refractivity contribution in [1.82, 2.24) is 14.8 Å². The van der Waals surface area contributed by atoms with Gasteiger partial charge in [0.25, 0.3) is 0 Å². The number of halogens is 2. The molecule has 1 amide bonds. The highest BCUT2D eigenvalue weighted by molar-refractivity contribution is 7.09. The van der Waals surface area contributed by atoms with Gasteiger partial charge >= 0.3 is 6.61 Å². The van der Waals surface area contributed by atoms with E-state index in [2.05, 4.69) is 26.9 Å². The number of thiazole rings is 1. The molecule has 0 saturated carbocycles. The van der Waals surface area contributed by atoms with Gasteiger partial charge in [0.05, 0.1) is 17.8 Å². The number of amides is 1. The first-order chi connectivity index (χ1) is 14.5. The number of carbonyl (C=O) groups excluding carboxylic acids is 1. The number of alkyl halides is 2. The van der Waals surface area contributed by atoms with Crippen LogP contribution in [0.1, 0.15) is 23.2 Å². The van der Waals surface area contributed by atoms with Crippen LogP contribution in [0.25, 0.3) is 6.08 Å². The van der Waals surface area contributed by atoms with Crippen LogP contribution in [0.2, 0.25) is 0 Å². The van der Waals surface area contributed by atoms with Gasteiger partial charge in [-0.3, -0.25) is 9.69 Å². The molecule has 0 radical (unpaired) electrons. The minimum absolute atomic E-state index is 0.0846. The molecule has 1 aliphatic heterocycles. The van der Waals surface area contributed by atoms with Crippen molar-refractivity contribution in [3.63, 3.8) is 0 Å². The highest BCUT2D eigenvalue weighted by Crippen LogP contribution is 2.33. The number of aryl methyl sites for hydroxylation is 1. The second-order valence-corrected chi connectivity index (χ2v) is 7.72. The van der Waals surface area contributed by atoms with Crippen LogP contribution in [-0.4, -0.2) is 60.6 Å². The molecule has 0 N–H and O–H groups in total. The molecule has 2 heterocycles. The van der Waals surface area contributed by atoms with Crippen molar-refractivity contribution in [2.24, 2.45) is 0 Å². The Hall–Kier alpha value is -2.52. The van der Waals surface area contributed by atoms with Gasteiger partial charge in [0, 0.05) is 49.7 Å². The third-order valence-electron chi connectivity index (χ3n) is 4.81. The predicted octanol–water partition coefficient (Wildman–Crippen LogP) is 3.67. The van der Waals surface area contributed by atoms with Gasteiger partial charge in [-0.2, -0.15) is 8.78 Å². The molecule has 1 aliphatic rings. The fraction of sp³-hybridized carbons (Fsp3) is 0.429. The SMILES string of the molecule is CCc1nc(CN2CCN(C(=O)C=Cc3cccc(OC)c3OC(F)F)CC2)cs1. The second-order valence-electron chi connectivity index (χ2n) is 6.78. The van der Waals surface area contributed by atoms with Crippen LogP contribution in [0.15, 0.2) is 29.7 Å². The first kappa shape index (κ1) is 22.2. The number of ether oxygens (including phenoxy) is 2. The molecule has 0 aliphatic carbocycles. The van der Waals surface area contributed by atoms with Crippen LogP contribution in [0.4, 0.5) is 8.78 Å². The number of hydrogen-bond donors (Lipinski definition) is 0.